The second-order valence-corrected chi connectivity index (χ2v) is 7.83. The number of nitrogens with zero attached hydrogens (tertiary/aromatic N) is 5. The summed E-state index contributed by atoms with van der Waals surface area (Å²) >= 11 is 0. The van der Waals surface area contributed by atoms with Gasteiger partial charge in [-0.1, -0.05) is 0 Å². The van der Waals surface area contributed by atoms with Gasteiger partial charge in [0, 0.05) is 18.7 Å². The number of urea groups is 1. The van der Waals surface area contributed by atoms with Crippen LogP contribution in [0.4, 0.5) is 4.79 Å². The highest BCUT2D eigenvalue weighted by atomic mass is 16.7. The van der Waals surface area contributed by atoms with Crippen LogP contribution in [0.1, 0.15) is 6.04 Å². The molecule has 6 rings (SSSR count). The molecule has 2 amide bonds. The van der Waals surface area contributed by atoms with Crippen molar-refractivity contribution in [3.63, 3.8) is 0 Å². The third-order valence-corrected chi connectivity index (χ3v) is 6.07. The molecule has 0 radical (unpaired) electrons. The number of rotatable bonds is 3. The van der Waals surface area contributed by atoms with E-state index < -0.39 is 0 Å². The van der Waals surface area contributed by atoms with Gasteiger partial charge in [0.15, 0.2) is 17.3 Å². The maximum atomic E-state index is 12.6. The Balaban J connectivity index is 1.18. The predicted molar refractivity (Wildman–Crippen MR) is 103 cm³/mol. The average molecular weight is 430 g/mol. The summed E-state index contributed by atoms with van der Waals surface area (Å²) in [6, 6.07) is 5.05. The molecule has 1 N–H and O–H groups in total. The van der Waals surface area contributed by atoms with Gasteiger partial charge in [0.2, 0.25) is 6.79 Å². The molecule has 31 heavy (non-hydrogen) atoms. The maximum absolute atomic E-state index is 12.6. The number of morpholine rings is 1. The molecule has 5 heterocycles. The highest BCUT2D eigenvalue weighted by Gasteiger charge is 2.50. The van der Waals surface area contributed by atoms with E-state index in [-0.39, 0.29) is 37.1 Å². The zero-order valence-corrected chi connectivity index (χ0v) is 16.7. The zero-order chi connectivity index (χ0) is 20.8. The lowest BCUT2D eigenvalue weighted by Crippen LogP contribution is -2.52. The lowest BCUT2D eigenvalue weighted by Gasteiger charge is -2.29. The molecule has 3 fully saturated rings. The van der Waals surface area contributed by atoms with Gasteiger partial charge in [-0.3, -0.25) is 0 Å². The smallest absolute Gasteiger partial charge is 0.317 e. The first-order valence-electron chi connectivity index (χ1n) is 10.3. The Hall–Kier alpha value is -2.96. The summed E-state index contributed by atoms with van der Waals surface area (Å²) in [5.74, 6) is 1.96. The summed E-state index contributed by atoms with van der Waals surface area (Å²) in [4.78, 5) is 14.3. The summed E-state index contributed by atoms with van der Waals surface area (Å²) in [7, 11) is 0. The highest BCUT2D eigenvalue weighted by molar-refractivity contribution is 5.74. The molecular formula is C19H22N6O6. The first kappa shape index (κ1) is 18.8. The van der Waals surface area contributed by atoms with Gasteiger partial charge < -0.3 is 33.9 Å². The molecule has 1 aromatic heterocycles. The Morgan fingerprint density at radius 1 is 1.06 bits per heavy atom. The van der Waals surface area contributed by atoms with Crippen molar-refractivity contribution in [2.24, 2.45) is 0 Å². The fraction of sp³-hybridized carbons (Fsp3) is 0.579. The van der Waals surface area contributed by atoms with Crippen LogP contribution in [0.2, 0.25) is 0 Å². The van der Waals surface area contributed by atoms with Crippen LogP contribution in [0.15, 0.2) is 18.2 Å². The standard InChI is InChI=1S/C19H22N6O6/c26-19(24-3-5-27-6-4-24)20-12-8-28-17-13(9-29-16(12)17)25-18(21-22-23-25)11-1-2-14-15(7-11)31-10-30-14/h1-2,7,12-13,16-17H,3-6,8-10H2,(H,20,26). The highest BCUT2D eigenvalue weighted by Crippen LogP contribution is 2.38. The van der Waals surface area contributed by atoms with Crippen LogP contribution in [-0.2, 0) is 14.2 Å². The average Bonchev–Trinajstić information content (AvgIpc) is 3.58. The van der Waals surface area contributed by atoms with Crippen LogP contribution in [-0.4, -0.2) is 95.7 Å². The van der Waals surface area contributed by atoms with Crippen LogP contribution >= 0.6 is 0 Å². The van der Waals surface area contributed by atoms with Gasteiger partial charge in [-0.15, -0.1) is 5.10 Å². The van der Waals surface area contributed by atoms with E-state index in [1.165, 1.54) is 0 Å². The number of ether oxygens (including phenoxy) is 5. The zero-order valence-electron chi connectivity index (χ0n) is 16.7. The molecule has 0 saturated carbocycles. The second-order valence-electron chi connectivity index (χ2n) is 7.83. The second kappa shape index (κ2) is 7.62. The Bertz CT molecular complexity index is 979. The van der Waals surface area contributed by atoms with E-state index in [1.54, 1.807) is 9.58 Å². The number of benzene rings is 1. The summed E-state index contributed by atoms with van der Waals surface area (Å²) in [5, 5.41) is 15.3. The van der Waals surface area contributed by atoms with E-state index in [0.717, 1.165) is 5.56 Å². The van der Waals surface area contributed by atoms with Crippen LogP contribution in [0.3, 0.4) is 0 Å². The Morgan fingerprint density at radius 3 is 2.81 bits per heavy atom. The van der Waals surface area contributed by atoms with Crippen molar-refractivity contribution in [3.05, 3.63) is 18.2 Å². The Morgan fingerprint density at radius 2 is 1.90 bits per heavy atom. The minimum Gasteiger partial charge on any atom is -0.454 e. The normalized spacial score (nSPS) is 29.2. The van der Waals surface area contributed by atoms with Crippen LogP contribution in [0.25, 0.3) is 11.4 Å². The molecule has 4 unspecified atom stereocenters. The minimum atomic E-state index is -0.260. The molecule has 0 spiro atoms. The van der Waals surface area contributed by atoms with Gasteiger partial charge >= 0.3 is 6.03 Å². The number of carbonyl (C=O) groups is 1. The van der Waals surface area contributed by atoms with Gasteiger partial charge in [-0.2, -0.15) is 0 Å². The molecule has 3 saturated heterocycles. The lowest BCUT2D eigenvalue weighted by atomic mass is 10.1. The van der Waals surface area contributed by atoms with Gasteiger partial charge in [-0.25, -0.2) is 9.48 Å². The number of amides is 2. The lowest BCUT2D eigenvalue weighted by molar-refractivity contribution is 0.0485. The molecule has 1 aromatic carbocycles. The largest absolute Gasteiger partial charge is 0.454 e. The monoisotopic (exact) mass is 430 g/mol. The van der Waals surface area contributed by atoms with Crippen molar-refractivity contribution in [1.82, 2.24) is 30.4 Å². The summed E-state index contributed by atoms with van der Waals surface area (Å²) in [6.45, 7) is 3.25. The van der Waals surface area contributed by atoms with E-state index in [0.29, 0.717) is 56.8 Å². The molecule has 12 heteroatoms. The third kappa shape index (κ3) is 3.27. The van der Waals surface area contributed by atoms with E-state index >= 15 is 0 Å². The molecule has 4 atom stereocenters. The first-order chi connectivity index (χ1) is 15.3. The van der Waals surface area contributed by atoms with E-state index in [2.05, 4.69) is 20.8 Å². The fourth-order valence-electron chi connectivity index (χ4n) is 4.47. The Kier molecular flexibility index (Phi) is 4.62. The summed E-state index contributed by atoms with van der Waals surface area (Å²) < 4.78 is 30.0. The number of hydrogen-bond donors (Lipinski definition) is 1. The van der Waals surface area contributed by atoms with Crippen LogP contribution in [0.5, 0.6) is 11.5 Å². The van der Waals surface area contributed by atoms with Crippen molar-refractivity contribution >= 4 is 6.03 Å². The van der Waals surface area contributed by atoms with Gasteiger partial charge in [0.05, 0.1) is 32.5 Å². The number of nitrogens with one attached hydrogen (secondary N) is 1. The van der Waals surface area contributed by atoms with E-state index in [4.69, 9.17) is 23.7 Å². The van der Waals surface area contributed by atoms with Crippen molar-refractivity contribution < 1.29 is 28.5 Å². The predicted octanol–water partition coefficient (Wildman–Crippen LogP) is -0.182. The molecule has 4 aliphatic heterocycles. The number of carbonyl (C=O) groups excluding carboxylic acids is 1. The Labute approximate surface area is 177 Å². The number of fused-ring (bicyclic) bond motifs is 2. The SMILES string of the molecule is O=C(NC1COC2C1OCC2n1nnnc1-c1ccc2c(c1)OCO2)N1CCOCC1. The topological polar surface area (TPSA) is 122 Å². The number of tetrazole rings is 1. The quantitative estimate of drug-likeness (QED) is 0.706. The molecule has 2 aromatic rings. The molecule has 0 aliphatic carbocycles. The summed E-state index contributed by atoms with van der Waals surface area (Å²) in [6.07, 6.45) is -0.518. The minimum absolute atomic E-state index is 0.118. The van der Waals surface area contributed by atoms with Gasteiger partial charge in [0.25, 0.3) is 0 Å². The van der Waals surface area contributed by atoms with Crippen molar-refractivity contribution in [2.45, 2.75) is 24.3 Å². The van der Waals surface area contributed by atoms with Gasteiger partial charge in [0.1, 0.15) is 18.2 Å². The number of aromatic nitrogens is 4. The third-order valence-electron chi connectivity index (χ3n) is 6.07. The molecule has 4 aliphatic rings. The molecule has 164 valence electrons. The molecule has 12 nitrogen and oxygen atoms in total. The molecule has 0 bridgehead atoms. The van der Waals surface area contributed by atoms with E-state index in [1.807, 2.05) is 18.2 Å². The first-order valence-corrected chi connectivity index (χ1v) is 10.3. The molecular weight excluding hydrogens is 408 g/mol. The summed E-state index contributed by atoms with van der Waals surface area (Å²) in [5.41, 5.74) is 0.813. The van der Waals surface area contributed by atoms with E-state index in [9.17, 15) is 4.79 Å². The van der Waals surface area contributed by atoms with Crippen LogP contribution < -0.4 is 14.8 Å². The van der Waals surface area contributed by atoms with Crippen LogP contribution in [0, 0.1) is 0 Å². The van der Waals surface area contributed by atoms with Gasteiger partial charge in [-0.05, 0) is 28.6 Å². The number of hydrogen-bond acceptors (Lipinski definition) is 9. The van der Waals surface area contributed by atoms with Crippen molar-refractivity contribution in [1.29, 1.82) is 0 Å². The maximum Gasteiger partial charge on any atom is 0.317 e. The fourth-order valence-corrected chi connectivity index (χ4v) is 4.47. The van der Waals surface area contributed by atoms with Crippen molar-refractivity contribution in [3.8, 4) is 22.9 Å². The van der Waals surface area contributed by atoms with Crippen molar-refractivity contribution in [2.75, 3.05) is 46.3 Å².